The molecule has 0 atom stereocenters. The van der Waals surface area contributed by atoms with Crippen LogP contribution < -0.4 is 0 Å². The number of hydrogen-bond donors (Lipinski definition) is 0. The number of carbonyl (C=O) groups is 1. The highest BCUT2D eigenvalue weighted by Crippen LogP contribution is 1.92. The maximum Gasteiger partial charge on any atom is 0.330 e. The fourth-order valence-corrected chi connectivity index (χ4v) is 1.09. The Labute approximate surface area is 86.7 Å². The van der Waals surface area contributed by atoms with Crippen LogP contribution in [0.25, 0.3) is 0 Å². The molecular weight excluding hydrogens is 178 g/mol. The number of rotatable bonds is 6. The average molecular weight is 199 g/mol. The van der Waals surface area contributed by atoms with Crippen LogP contribution in [0.3, 0.4) is 0 Å². The van der Waals surface area contributed by atoms with Crippen molar-refractivity contribution >= 4 is 5.97 Å². The summed E-state index contributed by atoms with van der Waals surface area (Å²) in [6.45, 7) is 11.2. The van der Waals surface area contributed by atoms with E-state index in [1.165, 1.54) is 6.08 Å². The van der Waals surface area contributed by atoms with Gasteiger partial charge in [-0.05, 0) is 26.9 Å². The van der Waals surface area contributed by atoms with Gasteiger partial charge in [-0.2, -0.15) is 0 Å². The van der Waals surface area contributed by atoms with Gasteiger partial charge in [0.05, 0.1) is 0 Å². The molecular formula is C11H21NO2. The molecule has 14 heavy (non-hydrogen) atoms. The van der Waals surface area contributed by atoms with Crippen molar-refractivity contribution in [3.8, 4) is 0 Å². The molecule has 0 bridgehead atoms. The molecule has 3 nitrogen and oxygen atoms in total. The van der Waals surface area contributed by atoms with Gasteiger partial charge < -0.3 is 9.64 Å². The smallest absolute Gasteiger partial charge is 0.330 e. The molecule has 0 heterocycles. The SMILES string of the molecule is CCN(CC)CCOC(=O)C=C(C)C. The molecule has 0 saturated heterocycles. The third-order valence-corrected chi connectivity index (χ3v) is 1.95. The normalized spacial score (nSPS) is 10.1. The molecule has 0 spiro atoms. The summed E-state index contributed by atoms with van der Waals surface area (Å²) in [5, 5.41) is 0. The van der Waals surface area contributed by atoms with Gasteiger partial charge in [-0.25, -0.2) is 4.79 Å². The van der Waals surface area contributed by atoms with E-state index in [9.17, 15) is 4.79 Å². The molecule has 0 aliphatic heterocycles. The lowest BCUT2D eigenvalue weighted by molar-refractivity contribution is -0.138. The largest absolute Gasteiger partial charge is 0.461 e. The van der Waals surface area contributed by atoms with Crippen LogP contribution in [-0.2, 0) is 9.53 Å². The van der Waals surface area contributed by atoms with Gasteiger partial charge in [0.2, 0.25) is 0 Å². The predicted octanol–water partition coefficient (Wildman–Crippen LogP) is 1.84. The molecule has 0 saturated carbocycles. The number of nitrogens with zero attached hydrogens (tertiary/aromatic N) is 1. The number of allylic oxidation sites excluding steroid dienone is 1. The number of likely N-dealkylation sites (N-methyl/N-ethyl adjacent to an activating group) is 1. The van der Waals surface area contributed by atoms with Gasteiger partial charge in [0.15, 0.2) is 0 Å². The molecule has 0 N–H and O–H groups in total. The first kappa shape index (κ1) is 13.2. The van der Waals surface area contributed by atoms with Gasteiger partial charge >= 0.3 is 5.97 Å². The van der Waals surface area contributed by atoms with Gasteiger partial charge in [-0.15, -0.1) is 0 Å². The quantitative estimate of drug-likeness (QED) is 0.483. The second-order valence-electron chi connectivity index (χ2n) is 3.42. The first-order valence-electron chi connectivity index (χ1n) is 5.14. The molecule has 0 unspecified atom stereocenters. The van der Waals surface area contributed by atoms with Crippen molar-refractivity contribution in [3.05, 3.63) is 11.6 Å². The molecule has 3 heteroatoms. The number of hydrogen-bond acceptors (Lipinski definition) is 3. The van der Waals surface area contributed by atoms with Gasteiger partial charge in [0, 0.05) is 12.6 Å². The number of carbonyl (C=O) groups excluding carboxylic acids is 1. The lowest BCUT2D eigenvalue weighted by Crippen LogP contribution is -2.27. The van der Waals surface area contributed by atoms with Crippen LogP contribution in [0.1, 0.15) is 27.7 Å². The van der Waals surface area contributed by atoms with Crippen LogP contribution in [0, 0.1) is 0 Å². The maximum atomic E-state index is 11.1. The molecule has 0 aromatic heterocycles. The first-order chi connectivity index (χ1) is 6.60. The average Bonchev–Trinajstić information content (AvgIpc) is 2.11. The Kier molecular flexibility index (Phi) is 7.11. The summed E-state index contributed by atoms with van der Waals surface area (Å²) >= 11 is 0. The monoisotopic (exact) mass is 199 g/mol. The fourth-order valence-electron chi connectivity index (χ4n) is 1.09. The highest BCUT2D eigenvalue weighted by Gasteiger charge is 2.01. The third-order valence-electron chi connectivity index (χ3n) is 1.95. The topological polar surface area (TPSA) is 29.5 Å². The third kappa shape index (κ3) is 6.66. The summed E-state index contributed by atoms with van der Waals surface area (Å²) in [5.41, 5.74) is 0.970. The molecule has 0 aromatic carbocycles. The summed E-state index contributed by atoms with van der Waals surface area (Å²) in [7, 11) is 0. The van der Waals surface area contributed by atoms with Crippen LogP contribution in [0.4, 0.5) is 0 Å². The van der Waals surface area contributed by atoms with Crippen LogP contribution in [0.15, 0.2) is 11.6 Å². The van der Waals surface area contributed by atoms with Gasteiger partial charge in [-0.1, -0.05) is 19.4 Å². The van der Waals surface area contributed by atoms with E-state index < -0.39 is 0 Å². The van der Waals surface area contributed by atoms with Gasteiger partial charge in [0.25, 0.3) is 0 Å². The minimum Gasteiger partial charge on any atom is -0.461 e. The predicted molar refractivity (Wildman–Crippen MR) is 58.2 cm³/mol. The molecule has 82 valence electrons. The van der Waals surface area contributed by atoms with Crippen molar-refractivity contribution in [3.63, 3.8) is 0 Å². The van der Waals surface area contributed by atoms with Gasteiger partial charge in [0.1, 0.15) is 6.61 Å². The Bertz CT molecular complexity index is 191. The van der Waals surface area contributed by atoms with Crippen molar-refractivity contribution in [2.24, 2.45) is 0 Å². The summed E-state index contributed by atoms with van der Waals surface area (Å²) in [6.07, 6.45) is 1.52. The van der Waals surface area contributed by atoms with E-state index in [1.807, 2.05) is 13.8 Å². The first-order valence-corrected chi connectivity index (χ1v) is 5.14. The zero-order valence-electron chi connectivity index (χ0n) is 9.67. The lowest BCUT2D eigenvalue weighted by atomic mass is 10.3. The molecule has 0 aromatic rings. The van der Waals surface area contributed by atoms with E-state index in [-0.39, 0.29) is 5.97 Å². The fraction of sp³-hybridized carbons (Fsp3) is 0.727. The van der Waals surface area contributed by atoms with Crippen LogP contribution in [0.5, 0.6) is 0 Å². The van der Waals surface area contributed by atoms with E-state index in [0.29, 0.717) is 6.61 Å². The van der Waals surface area contributed by atoms with E-state index in [4.69, 9.17) is 4.74 Å². The number of esters is 1. The van der Waals surface area contributed by atoms with Crippen molar-refractivity contribution in [1.82, 2.24) is 4.90 Å². The maximum absolute atomic E-state index is 11.1. The standard InChI is InChI=1S/C11H21NO2/c1-5-12(6-2)7-8-14-11(13)9-10(3)4/h9H,5-8H2,1-4H3. The highest BCUT2D eigenvalue weighted by molar-refractivity contribution is 5.82. The summed E-state index contributed by atoms with van der Waals surface area (Å²) in [4.78, 5) is 13.3. The highest BCUT2D eigenvalue weighted by atomic mass is 16.5. The lowest BCUT2D eigenvalue weighted by Gasteiger charge is -2.17. The minimum absolute atomic E-state index is 0.239. The summed E-state index contributed by atoms with van der Waals surface area (Å²) in [5.74, 6) is -0.239. The summed E-state index contributed by atoms with van der Waals surface area (Å²) < 4.78 is 5.03. The van der Waals surface area contributed by atoms with Crippen molar-refractivity contribution in [1.29, 1.82) is 0 Å². The van der Waals surface area contributed by atoms with Crippen LogP contribution in [0.2, 0.25) is 0 Å². The molecule has 0 amide bonds. The Morgan fingerprint density at radius 2 is 1.86 bits per heavy atom. The van der Waals surface area contributed by atoms with Crippen LogP contribution >= 0.6 is 0 Å². The Morgan fingerprint density at radius 1 is 1.29 bits per heavy atom. The molecule has 0 rings (SSSR count). The Balaban J connectivity index is 3.63. The number of ether oxygens (including phenoxy) is 1. The van der Waals surface area contributed by atoms with Crippen LogP contribution in [-0.4, -0.2) is 37.1 Å². The van der Waals surface area contributed by atoms with Crippen molar-refractivity contribution in [2.75, 3.05) is 26.2 Å². The van der Waals surface area contributed by atoms with Crippen molar-refractivity contribution < 1.29 is 9.53 Å². The molecule has 0 aliphatic rings. The Hall–Kier alpha value is -0.830. The molecule has 0 aliphatic carbocycles. The zero-order valence-corrected chi connectivity index (χ0v) is 9.67. The van der Waals surface area contributed by atoms with E-state index in [2.05, 4.69) is 18.7 Å². The zero-order chi connectivity index (χ0) is 11.0. The molecule has 0 radical (unpaired) electrons. The second kappa shape index (κ2) is 7.56. The van der Waals surface area contributed by atoms with Gasteiger partial charge in [-0.3, -0.25) is 0 Å². The van der Waals surface area contributed by atoms with E-state index >= 15 is 0 Å². The van der Waals surface area contributed by atoms with Crippen molar-refractivity contribution in [2.45, 2.75) is 27.7 Å². The van der Waals surface area contributed by atoms with E-state index in [0.717, 1.165) is 25.2 Å². The minimum atomic E-state index is -0.239. The second-order valence-corrected chi connectivity index (χ2v) is 3.42. The Morgan fingerprint density at radius 3 is 2.29 bits per heavy atom. The molecule has 0 fully saturated rings. The summed E-state index contributed by atoms with van der Waals surface area (Å²) in [6, 6.07) is 0. The van der Waals surface area contributed by atoms with E-state index in [1.54, 1.807) is 0 Å².